The lowest BCUT2D eigenvalue weighted by atomic mass is 10.0. The molecular formula is C10H13F. The average molecular weight is 152 g/mol. The highest BCUT2D eigenvalue weighted by molar-refractivity contribution is 5.29. The topological polar surface area (TPSA) is 0 Å². The van der Waals surface area contributed by atoms with Crippen molar-refractivity contribution in [3.05, 3.63) is 37.0 Å². The van der Waals surface area contributed by atoms with Crippen LogP contribution in [0.3, 0.4) is 0 Å². The van der Waals surface area contributed by atoms with Crippen LogP contribution in [0, 0.1) is 0 Å². The van der Waals surface area contributed by atoms with Crippen LogP contribution in [-0.2, 0) is 0 Å². The first-order chi connectivity index (χ1) is 5.08. The van der Waals surface area contributed by atoms with Crippen LogP contribution in [0.1, 0.15) is 19.3 Å². The fourth-order valence-corrected chi connectivity index (χ4v) is 0.968. The number of halogens is 1. The molecule has 0 aromatic rings. The van der Waals surface area contributed by atoms with Gasteiger partial charge in [0.15, 0.2) is 0 Å². The maximum Gasteiger partial charge on any atom is 0.132 e. The molecule has 0 saturated heterocycles. The van der Waals surface area contributed by atoms with Gasteiger partial charge in [-0.15, -0.1) is 0 Å². The van der Waals surface area contributed by atoms with Gasteiger partial charge in [-0.2, -0.15) is 0 Å². The quantitative estimate of drug-likeness (QED) is 0.428. The molecule has 1 rings (SSSR count). The molecule has 0 unspecified atom stereocenters. The standard InChI is InChI=1S/C10H13F/c1-4-8(2)7-9(3)10(11)5-6-10/h4H,1-3,5-7H2. The second-order valence-electron chi connectivity index (χ2n) is 3.11. The molecule has 0 radical (unpaired) electrons. The first-order valence-electron chi connectivity index (χ1n) is 3.76. The Morgan fingerprint density at radius 1 is 1.45 bits per heavy atom. The molecule has 0 N–H and O–H groups in total. The summed E-state index contributed by atoms with van der Waals surface area (Å²) in [7, 11) is 0. The Labute approximate surface area is 67.1 Å². The van der Waals surface area contributed by atoms with Gasteiger partial charge in [0.05, 0.1) is 0 Å². The molecule has 0 aliphatic heterocycles. The van der Waals surface area contributed by atoms with E-state index in [2.05, 4.69) is 19.7 Å². The Morgan fingerprint density at radius 3 is 2.36 bits per heavy atom. The Kier molecular flexibility index (Phi) is 1.99. The zero-order valence-electron chi connectivity index (χ0n) is 6.70. The number of hydrogen-bond donors (Lipinski definition) is 0. The van der Waals surface area contributed by atoms with E-state index in [4.69, 9.17) is 0 Å². The Hall–Kier alpha value is -0.850. The monoisotopic (exact) mass is 152 g/mol. The van der Waals surface area contributed by atoms with Crippen molar-refractivity contribution in [1.82, 2.24) is 0 Å². The van der Waals surface area contributed by atoms with Gasteiger partial charge in [0.2, 0.25) is 0 Å². The third kappa shape index (κ3) is 1.79. The van der Waals surface area contributed by atoms with E-state index in [1.807, 2.05) is 0 Å². The molecule has 0 amide bonds. The van der Waals surface area contributed by atoms with E-state index < -0.39 is 5.67 Å². The molecule has 0 heterocycles. The number of rotatable bonds is 4. The number of hydrogen-bond acceptors (Lipinski definition) is 0. The summed E-state index contributed by atoms with van der Waals surface area (Å²) in [4.78, 5) is 0. The minimum absolute atomic E-state index is 0.556. The van der Waals surface area contributed by atoms with Crippen LogP contribution in [0.2, 0.25) is 0 Å². The van der Waals surface area contributed by atoms with E-state index in [-0.39, 0.29) is 0 Å². The maximum atomic E-state index is 13.2. The van der Waals surface area contributed by atoms with Crippen LogP contribution in [-0.4, -0.2) is 5.67 Å². The fraction of sp³-hybridized carbons (Fsp3) is 0.400. The lowest BCUT2D eigenvalue weighted by Gasteiger charge is -2.08. The van der Waals surface area contributed by atoms with Crippen molar-refractivity contribution in [3.8, 4) is 0 Å². The molecule has 60 valence electrons. The summed E-state index contributed by atoms with van der Waals surface area (Å²) < 4.78 is 13.2. The summed E-state index contributed by atoms with van der Waals surface area (Å²) >= 11 is 0. The predicted molar refractivity (Wildman–Crippen MR) is 46.2 cm³/mol. The molecule has 1 saturated carbocycles. The van der Waals surface area contributed by atoms with Crippen LogP contribution in [0.25, 0.3) is 0 Å². The Morgan fingerprint density at radius 2 is 2.00 bits per heavy atom. The van der Waals surface area contributed by atoms with Crippen molar-refractivity contribution in [2.45, 2.75) is 24.9 Å². The SMILES string of the molecule is C=CC(=C)CC(=C)C1(F)CC1. The first kappa shape index (κ1) is 8.25. The molecule has 0 aromatic carbocycles. The third-order valence-corrected chi connectivity index (χ3v) is 2.05. The van der Waals surface area contributed by atoms with E-state index >= 15 is 0 Å². The summed E-state index contributed by atoms with van der Waals surface area (Å²) in [5.41, 5.74) is 0.438. The summed E-state index contributed by atoms with van der Waals surface area (Å²) in [6.07, 6.45) is 3.48. The smallest absolute Gasteiger partial charge is 0.132 e. The molecule has 0 spiro atoms. The van der Waals surface area contributed by atoms with Gasteiger partial charge >= 0.3 is 0 Å². The van der Waals surface area contributed by atoms with Crippen LogP contribution in [0.4, 0.5) is 4.39 Å². The van der Waals surface area contributed by atoms with Crippen molar-refractivity contribution in [2.24, 2.45) is 0 Å². The minimum Gasteiger partial charge on any atom is -0.239 e. The molecule has 0 bridgehead atoms. The molecule has 1 heteroatoms. The zero-order valence-corrected chi connectivity index (χ0v) is 6.70. The van der Waals surface area contributed by atoms with Crippen LogP contribution >= 0.6 is 0 Å². The van der Waals surface area contributed by atoms with Gasteiger partial charge in [0.25, 0.3) is 0 Å². The van der Waals surface area contributed by atoms with E-state index in [0.717, 1.165) is 5.57 Å². The van der Waals surface area contributed by atoms with Gasteiger partial charge < -0.3 is 0 Å². The van der Waals surface area contributed by atoms with Crippen molar-refractivity contribution < 1.29 is 4.39 Å². The van der Waals surface area contributed by atoms with Crippen LogP contribution in [0.5, 0.6) is 0 Å². The van der Waals surface area contributed by atoms with Crippen molar-refractivity contribution in [1.29, 1.82) is 0 Å². The van der Waals surface area contributed by atoms with Gasteiger partial charge in [-0.1, -0.05) is 31.4 Å². The molecule has 0 nitrogen and oxygen atoms in total. The highest BCUT2D eigenvalue weighted by Crippen LogP contribution is 2.47. The fourth-order valence-electron chi connectivity index (χ4n) is 0.968. The predicted octanol–water partition coefficient (Wildman–Crippen LogP) is 3.18. The van der Waals surface area contributed by atoms with Crippen molar-refractivity contribution in [3.63, 3.8) is 0 Å². The second-order valence-corrected chi connectivity index (χ2v) is 3.11. The molecule has 0 aromatic heterocycles. The first-order valence-corrected chi connectivity index (χ1v) is 3.76. The van der Waals surface area contributed by atoms with E-state index in [1.54, 1.807) is 6.08 Å². The molecule has 1 aliphatic carbocycles. The normalized spacial score (nSPS) is 19.0. The maximum absolute atomic E-state index is 13.2. The summed E-state index contributed by atoms with van der Waals surface area (Å²) in [6.45, 7) is 11.0. The third-order valence-electron chi connectivity index (χ3n) is 2.05. The number of alkyl halides is 1. The van der Waals surface area contributed by atoms with Gasteiger partial charge in [0, 0.05) is 0 Å². The highest BCUT2D eigenvalue weighted by Gasteiger charge is 2.45. The molecular weight excluding hydrogens is 139 g/mol. The minimum atomic E-state index is -1.06. The van der Waals surface area contributed by atoms with Gasteiger partial charge in [-0.3, -0.25) is 0 Å². The van der Waals surface area contributed by atoms with Gasteiger partial charge in [0.1, 0.15) is 5.67 Å². The largest absolute Gasteiger partial charge is 0.239 e. The molecule has 0 atom stereocenters. The lowest BCUT2D eigenvalue weighted by Crippen LogP contribution is -2.03. The average Bonchev–Trinajstić information content (AvgIpc) is 2.69. The van der Waals surface area contributed by atoms with Gasteiger partial charge in [-0.25, -0.2) is 4.39 Å². The van der Waals surface area contributed by atoms with Gasteiger partial charge in [-0.05, 0) is 24.8 Å². The summed E-state index contributed by atoms with van der Waals surface area (Å²) in [6, 6.07) is 0. The van der Waals surface area contributed by atoms with E-state index in [1.165, 1.54) is 0 Å². The lowest BCUT2D eigenvalue weighted by molar-refractivity contribution is 0.357. The van der Waals surface area contributed by atoms with Crippen molar-refractivity contribution in [2.75, 3.05) is 0 Å². The molecule has 1 fully saturated rings. The van der Waals surface area contributed by atoms with E-state index in [9.17, 15) is 4.39 Å². The summed E-state index contributed by atoms with van der Waals surface area (Å²) in [5.74, 6) is 0. The van der Waals surface area contributed by atoms with E-state index in [0.29, 0.717) is 24.8 Å². The highest BCUT2D eigenvalue weighted by atomic mass is 19.1. The molecule has 1 aliphatic rings. The van der Waals surface area contributed by atoms with Crippen molar-refractivity contribution >= 4 is 0 Å². The Balaban J connectivity index is 2.44. The van der Waals surface area contributed by atoms with Crippen LogP contribution < -0.4 is 0 Å². The second kappa shape index (κ2) is 2.65. The van der Waals surface area contributed by atoms with Crippen LogP contribution in [0.15, 0.2) is 37.0 Å². The molecule has 11 heavy (non-hydrogen) atoms. The Bertz CT molecular complexity index is 209. The summed E-state index contributed by atoms with van der Waals surface area (Å²) in [5, 5.41) is 0. The number of allylic oxidation sites excluding steroid dienone is 3. The zero-order chi connectivity index (χ0) is 8.48.